The quantitative estimate of drug-likeness (QED) is 0.437. The van der Waals surface area contributed by atoms with Crippen LogP contribution in [-0.2, 0) is 0 Å². The van der Waals surface area contributed by atoms with Crippen molar-refractivity contribution in [3.05, 3.63) is 0 Å². The Balaban J connectivity index is 3.16. The summed E-state index contributed by atoms with van der Waals surface area (Å²) >= 11 is 0. The second kappa shape index (κ2) is 8.44. The summed E-state index contributed by atoms with van der Waals surface area (Å²) in [5.41, 5.74) is 0. The van der Waals surface area contributed by atoms with Crippen LogP contribution in [-0.4, -0.2) is 44.6 Å². The third-order valence-corrected chi connectivity index (χ3v) is 1.42. The third kappa shape index (κ3) is 9.34. The van der Waals surface area contributed by atoms with Crippen molar-refractivity contribution in [2.45, 2.75) is 19.8 Å². The molecule has 0 fully saturated rings. The van der Waals surface area contributed by atoms with Crippen molar-refractivity contribution in [2.24, 2.45) is 9.98 Å². The van der Waals surface area contributed by atoms with Crippen LogP contribution in [0.15, 0.2) is 9.98 Å². The number of unbranched alkanes of at least 4 members (excludes halogenated alkanes) is 1. The predicted octanol–water partition coefficient (Wildman–Crippen LogP) is 1.52. The van der Waals surface area contributed by atoms with Gasteiger partial charge in [0.2, 0.25) is 0 Å². The standard InChI is InChI=1S/C9H19N3/c1-4-10-9-11-7-5-6-8-12(2)3/h4-8H2,1-3H3. The van der Waals surface area contributed by atoms with E-state index in [4.69, 9.17) is 0 Å². The van der Waals surface area contributed by atoms with Crippen molar-refractivity contribution in [1.29, 1.82) is 0 Å². The second-order valence-corrected chi connectivity index (χ2v) is 2.97. The van der Waals surface area contributed by atoms with Crippen LogP contribution < -0.4 is 0 Å². The average molecular weight is 169 g/mol. The zero-order valence-electron chi connectivity index (χ0n) is 8.38. The van der Waals surface area contributed by atoms with Gasteiger partial charge in [0.25, 0.3) is 0 Å². The van der Waals surface area contributed by atoms with Gasteiger partial charge in [-0.2, -0.15) is 0 Å². The molecule has 0 atom stereocenters. The summed E-state index contributed by atoms with van der Waals surface area (Å²) in [5.74, 6) is 0. The van der Waals surface area contributed by atoms with Gasteiger partial charge in [-0.25, -0.2) is 9.98 Å². The topological polar surface area (TPSA) is 28.0 Å². The maximum Gasteiger partial charge on any atom is 0.0892 e. The van der Waals surface area contributed by atoms with Crippen LogP contribution in [0.4, 0.5) is 0 Å². The Morgan fingerprint density at radius 3 is 2.50 bits per heavy atom. The van der Waals surface area contributed by atoms with Crippen molar-refractivity contribution in [1.82, 2.24) is 4.90 Å². The van der Waals surface area contributed by atoms with Crippen LogP contribution in [0.2, 0.25) is 0 Å². The maximum absolute atomic E-state index is 4.02. The minimum Gasteiger partial charge on any atom is -0.309 e. The lowest BCUT2D eigenvalue weighted by molar-refractivity contribution is 0.396. The van der Waals surface area contributed by atoms with Crippen LogP contribution in [0, 0.1) is 0 Å². The number of aliphatic imine (C=N–C) groups is 2. The van der Waals surface area contributed by atoms with E-state index in [1.807, 2.05) is 6.92 Å². The maximum atomic E-state index is 4.02. The number of hydrogen-bond donors (Lipinski definition) is 0. The van der Waals surface area contributed by atoms with Crippen LogP contribution in [0.3, 0.4) is 0 Å². The molecular weight excluding hydrogens is 150 g/mol. The Morgan fingerprint density at radius 2 is 1.92 bits per heavy atom. The molecule has 0 rings (SSSR count). The van der Waals surface area contributed by atoms with E-state index < -0.39 is 0 Å². The summed E-state index contributed by atoms with van der Waals surface area (Å²) in [4.78, 5) is 10.1. The van der Waals surface area contributed by atoms with Crippen molar-refractivity contribution < 1.29 is 0 Å². The molecule has 0 aromatic rings. The Kier molecular flexibility index (Phi) is 7.97. The molecule has 0 aliphatic carbocycles. The van der Waals surface area contributed by atoms with Crippen LogP contribution in [0.5, 0.6) is 0 Å². The molecule has 12 heavy (non-hydrogen) atoms. The summed E-state index contributed by atoms with van der Waals surface area (Å²) in [7, 11) is 4.17. The van der Waals surface area contributed by atoms with Crippen molar-refractivity contribution >= 4 is 6.01 Å². The molecule has 0 amide bonds. The summed E-state index contributed by atoms with van der Waals surface area (Å²) in [6.07, 6.45) is 2.33. The largest absolute Gasteiger partial charge is 0.309 e. The summed E-state index contributed by atoms with van der Waals surface area (Å²) in [6.45, 7) is 4.76. The Labute approximate surface area is 75.2 Å². The van der Waals surface area contributed by atoms with Crippen molar-refractivity contribution in [2.75, 3.05) is 33.7 Å². The van der Waals surface area contributed by atoms with Gasteiger partial charge in [-0.15, -0.1) is 0 Å². The van der Waals surface area contributed by atoms with E-state index >= 15 is 0 Å². The van der Waals surface area contributed by atoms with Gasteiger partial charge >= 0.3 is 0 Å². The molecule has 0 aromatic heterocycles. The monoisotopic (exact) mass is 169 g/mol. The van der Waals surface area contributed by atoms with Gasteiger partial charge in [-0.05, 0) is 40.4 Å². The molecular formula is C9H19N3. The van der Waals surface area contributed by atoms with Crippen LogP contribution in [0.25, 0.3) is 0 Å². The lowest BCUT2D eigenvalue weighted by Gasteiger charge is -2.06. The molecule has 0 heterocycles. The molecule has 3 nitrogen and oxygen atoms in total. The molecule has 0 bridgehead atoms. The van der Waals surface area contributed by atoms with Crippen LogP contribution >= 0.6 is 0 Å². The van der Waals surface area contributed by atoms with Gasteiger partial charge in [-0.1, -0.05) is 0 Å². The number of nitrogens with zero attached hydrogens (tertiary/aromatic N) is 3. The van der Waals surface area contributed by atoms with Gasteiger partial charge in [0.05, 0.1) is 6.01 Å². The minimum atomic E-state index is 0.779. The fraction of sp³-hybridized carbons (Fsp3) is 0.889. The Morgan fingerprint density at radius 1 is 1.17 bits per heavy atom. The van der Waals surface area contributed by atoms with E-state index in [1.165, 1.54) is 6.42 Å². The van der Waals surface area contributed by atoms with Gasteiger partial charge in [0.15, 0.2) is 0 Å². The molecule has 0 aliphatic rings. The highest BCUT2D eigenvalue weighted by Gasteiger charge is 1.88. The van der Waals surface area contributed by atoms with E-state index in [0.29, 0.717) is 0 Å². The van der Waals surface area contributed by atoms with Gasteiger partial charge in [0, 0.05) is 13.1 Å². The fourth-order valence-corrected chi connectivity index (χ4v) is 0.790. The van der Waals surface area contributed by atoms with E-state index in [1.54, 1.807) is 0 Å². The molecule has 0 spiro atoms. The Bertz CT molecular complexity index is 146. The lowest BCUT2D eigenvalue weighted by atomic mass is 10.3. The van der Waals surface area contributed by atoms with Crippen LogP contribution in [0.1, 0.15) is 19.8 Å². The zero-order chi connectivity index (χ0) is 9.23. The SMILES string of the molecule is CCN=C=NCCCCN(C)C. The molecule has 0 N–H and O–H groups in total. The fourth-order valence-electron chi connectivity index (χ4n) is 0.790. The molecule has 0 radical (unpaired) electrons. The van der Waals surface area contributed by atoms with Crippen molar-refractivity contribution in [3.63, 3.8) is 0 Å². The highest BCUT2D eigenvalue weighted by atomic mass is 15.0. The molecule has 3 heteroatoms. The number of rotatable bonds is 6. The van der Waals surface area contributed by atoms with E-state index in [0.717, 1.165) is 26.1 Å². The van der Waals surface area contributed by atoms with Gasteiger partial charge in [-0.3, -0.25) is 0 Å². The second-order valence-electron chi connectivity index (χ2n) is 2.97. The first kappa shape index (κ1) is 11.3. The normalized spacial score (nSPS) is 9.67. The van der Waals surface area contributed by atoms with Crippen molar-refractivity contribution in [3.8, 4) is 0 Å². The van der Waals surface area contributed by atoms with Gasteiger partial charge < -0.3 is 4.90 Å². The smallest absolute Gasteiger partial charge is 0.0892 e. The molecule has 70 valence electrons. The first-order valence-corrected chi connectivity index (χ1v) is 4.50. The molecule has 0 saturated heterocycles. The third-order valence-electron chi connectivity index (χ3n) is 1.42. The summed E-state index contributed by atoms with van der Waals surface area (Å²) in [6, 6.07) is 2.66. The van der Waals surface area contributed by atoms with E-state index in [9.17, 15) is 0 Å². The molecule has 0 saturated carbocycles. The first-order chi connectivity index (χ1) is 5.77. The molecule has 0 unspecified atom stereocenters. The highest BCUT2D eigenvalue weighted by molar-refractivity contribution is 5.40. The Hall–Kier alpha value is -0.660. The van der Waals surface area contributed by atoms with E-state index in [2.05, 4.69) is 35.0 Å². The summed E-state index contributed by atoms with van der Waals surface area (Å²) < 4.78 is 0. The predicted molar refractivity (Wildman–Crippen MR) is 53.1 cm³/mol. The van der Waals surface area contributed by atoms with Gasteiger partial charge in [0.1, 0.15) is 0 Å². The molecule has 0 aliphatic heterocycles. The average Bonchev–Trinajstić information content (AvgIpc) is 2.02. The lowest BCUT2D eigenvalue weighted by Crippen LogP contribution is -2.12. The summed E-state index contributed by atoms with van der Waals surface area (Å²) in [5, 5.41) is 0. The molecule has 0 aromatic carbocycles. The minimum absolute atomic E-state index is 0.779. The zero-order valence-corrected chi connectivity index (χ0v) is 8.38. The van der Waals surface area contributed by atoms with E-state index in [-0.39, 0.29) is 0 Å². The first-order valence-electron chi connectivity index (χ1n) is 4.50. The number of hydrogen-bond acceptors (Lipinski definition) is 3. The highest BCUT2D eigenvalue weighted by Crippen LogP contribution is 1.90.